The van der Waals surface area contributed by atoms with Gasteiger partial charge in [-0.3, -0.25) is 9.59 Å². The van der Waals surface area contributed by atoms with Crippen molar-refractivity contribution in [1.29, 1.82) is 0 Å². The van der Waals surface area contributed by atoms with Crippen LogP contribution in [0.3, 0.4) is 0 Å². The lowest BCUT2D eigenvalue weighted by molar-refractivity contribution is -0.140. The van der Waals surface area contributed by atoms with Gasteiger partial charge < -0.3 is 10.2 Å². The van der Waals surface area contributed by atoms with E-state index >= 15 is 0 Å². The van der Waals surface area contributed by atoms with E-state index < -0.39 is 6.04 Å². The van der Waals surface area contributed by atoms with Crippen molar-refractivity contribution in [3.8, 4) is 0 Å². The maximum atomic E-state index is 13.6. The molecular weight excluding hydrogens is 431 g/mol. The molecule has 1 fully saturated rings. The highest BCUT2D eigenvalue weighted by Gasteiger charge is 2.34. The maximum Gasteiger partial charge on any atom is 0.247 e. The fourth-order valence-corrected chi connectivity index (χ4v) is 4.62. The highest BCUT2D eigenvalue weighted by Crippen LogP contribution is 2.31. The van der Waals surface area contributed by atoms with Gasteiger partial charge in [0.15, 0.2) is 0 Å². The Morgan fingerprint density at radius 1 is 1.10 bits per heavy atom. The first-order chi connectivity index (χ1) is 14.9. The van der Waals surface area contributed by atoms with Gasteiger partial charge in [0.1, 0.15) is 11.9 Å². The highest BCUT2D eigenvalue weighted by molar-refractivity contribution is 6.31. The lowest BCUT2D eigenvalue weighted by atomic mass is 9.85. The van der Waals surface area contributed by atoms with Gasteiger partial charge in [-0.15, -0.1) is 11.6 Å². The number of halogens is 2. The minimum absolute atomic E-state index is 0.0959. The second-order valence-electron chi connectivity index (χ2n) is 8.44. The van der Waals surface area contributed by atoms with Gasteiger partial charge in [-0.2, -0.15) is 0 Å². The Morgan fingerprint density at radius 3 is 2.42 bits per heavy atom. The average Bonchev–Trinajstić information content (AvgIpc) is 2.77. The molecule has 0 bridgehead atoms. The van der Waals surface area contributed by atoms with Gasteiger partial charge in [0, 0.05) is 23.2 Å². The Balaban J connectivity index is 1.97. The summed E-state index contributed by atoms with van der Waals surface area (Å²) in [6.07, 6.45) is 4.32. The van der Waals surface area contributed by atoms with Gasteiger partial charge in [0.05, 0.1) is 0 Å². The fourth-order valence-electron chi connectivity index (χ4n) is 4.23. The van der Waals surface area contributed by atoms with Crippen LogP contribution >= 0.6 is 23.2 Å². The number of nitrogens with zero attached hydrogens (tertiary/aromatic N) is 1. The second-order valence-corrected chi connectivity index (χ2v) is 9.12. The van der Waals surface area contributed by atoms with Crippen LogP contribution in [0, 0.1) is 12.8 Å². The SMILES string of the molecule is Cc1ccc(CN(C(=O)CCl)[C@H](C(=O)N[C@@H]2CCCC[C@H]2C)c2ccccc2Cl)cc1. The van der Waals surface area contributed by atoms with Crippen molar-refractivity contribution in [1.82, 2.24) is 10.2 Å². The van der Waals surface area contributed by atoms with Crippen LogP contribution in [0.25, 0.3) is 0 Å². The normalized spacial score (nSPS) is 19.5. The molecule has 4 nitrogen and oxygen atoms in total. The number of hydrogen-bond donors (Lipinski definition) is 1. The molecule has 0 radical (unpaired) electrons. The minimum atomic E-state index is -0.852. The Hall–Kier alpha value is -2.04. The predicted molar refractivity (Wildman–Crippen MR) is 126 cm³/mol. The van der Waals surface area contributed by atoms with Gasteiger partial charge in [0.25, 0.3) is 0 Å². The number of hydrogen-bond acceptors (Lipinski definition) is 2. The molecule has 31 heavy (non-hydrogen) atoms. The number of benzene rings is 2. The maximum absolute atomic E-state index is 13.6. The molecule has 1 aliphatic carbocycles. The van der Waals surface area contributed by atoms with E-state index in [0.29, 0.717) is 16.5 Å². The van der Waals surface area contributed by atoms with Crippen molar-refractivity contribution in [2.24, 2.45) is 5.92 Å². The van der Waals surface area contributed by atoms with E-state index in [2.05, 4.69) is 12.2 Å². The van der Waals surface area contributed by atoms with Crippen molar-refractivity contribution in [2.45, 2.75) is 58.2 Å². The molecule has 0 aromatic heterocycles. The molecule has 3 atom stereocenters. The van der Waals surface area contributed by atoms with Gasteiger partial charge in [-0.05, 0) is 37.3 Å². The number of nitrogens with one attached hydrogen (secondary N) is 1. The summed E-state index contributed by atoms with van der Waals surface area (Å²) < 4.78 is 0. The molecule has 1 saturated carbocycles. The van der Waals surface area contributed by atoms with Crippen molar-refractivity contribution >= 4 is 35.0 Å². The van der Waals surface area contributed by atoms with E-state index in [1.165, 1.54) is 6.42 Å². The minimum Gasteiger partial charge on any atom is -0.351 e. The van der Waals surface area contributed by atoms with Crippen LogP contribution < -0.4 is 5.32 Å². The van der Waals surface area contributed by atoms with Crippen molar-refractivity contribution in [2.75, 3.05) is 5.88 Å². The van der Waals surface area contributed by atoms with E-state index in [1.807, 2.05) is 43.3 Å². The lowest BCUT2D eigenvalue weighted by Crippen LogP contribution is -2.49. The summed E-state index contributed by atoms with van der Waals surface area (Å²) in [4.78, 5) is 28.1. The molecule has 1 aliphatic rings. The zero-order valence-electron chi connectivity index (χ0n) is 18.1. The van der Waals surface area contributed by atoms with Crippen LogP contribution in [-0.2, 0) is 16.1 Å². The molecule has 0 aliphatic heterocycles. The van der Waals surface area contributed by atoms with Crippen LogP contribution in [-0.4, -0.2) is 28.6 Å². The molecule has 0 heterocycles. The lowest BCUT2D eigenvalue weighted by Gasteiger charge is -2.35. The molecule has 166 valence electrons. The van der Waals surface area contributed by atoms with Gasteiger partial charge in [0.2, 0.25) is 11.8 Å². The molecule has 1 N–H and O–H groups in total. The number of alkyl halides is 1. The Labute approximate surface area is 194 Å². The van der Waals surface area contributed by atoms with Crippen LogP contribution in [0.4, 0.5) is 0 Å². The zero-order valence-corrected chi connectivity index (χ0v) is 19.6. The summed E-state index contributed by atoms with van der Waals surface area (Å²) in [5.74, 6) is -0.324. The van der Waals surface area contributed by atoms with Crippen molar-refractivity contribution in [3.63, 3.8) is 0 Å². The van der Waals surface area contributed by atoms with E-state index in [-0.39, 0.29) is 30.3 Å². The number of carbonyl (C=O) groups is 2. The van der Waals surface area contributed by atoms with E-state index in [4.69, 9.17) is 23.2 Å². The summed E-state index contributed by atoms with van der Waals surface area (Å²) in [5.41, 5.74) is 2.67. The molecule has 2 amide bonds. The third-order valence-corrected chi connectivity index (χ3v) is 6.68. The monoisotopic (exact) mass is 460 g/mol. The standard InChI is InChI=1S/C25H30Cl2N2O2/c1-17-11-13-19(14-12-17)16-29(23(30)15-26)24(20-8-4-5-9-21(20)27)25(31)28-22-10-6-3-7-18(22)2/h4-5,8-9,11-14,18,22,24H,3,6-7,10,15-16H2,1-2H3,(H,28,31)/t18-,22-,24+/m1/s1. The molecular formula is C25H30Cl2N2O2. The summed E-state index contributed by atoms with van der Waals surface area (Å²) in [7, 11) is 0. The van der Waals surface area contributed by atoms with Crippen LogP contribution in [0.1, 0.15) is 55.3 Å². The molecule has 6 heteroatoms. The fraction of sp³-hybridized carbons (Fsp3) is 0.440. The Morgan fingerprint density at radius 2 is 1.77 bits per heavy atom. The Kier molecular flexibility index (Phi) is 8.39. The van der Waals surface area contributed by atoms with Crippen LogP contribution in [0.2, 0.25) is 5.02 Å². The second kappa shape index (κ2) is 11.0. The van der Waals surface area contributed by atoms with Crippen molar-refractivity contribution < 1.29 is 9.59 Å². The number of rotatable bonds is 7. The van der Waals surface area contributed by atoms with Crippen LogP contribution in [0.5, 0.6) is 0 Å². The summed E-state index contributed by atoms with van der Waals surface area (Å²) in [6.45, 7) is 4.45. The third kappa shape index (κ3) is 6.02. The first-order valence-electron chi connectivity index (χ1n) is 10.9. The zero-order chi connectivity index (χ0) is 22.4. The molecule has 3 rings (SSSR count). The first kappa shape index (κ1) is 23.6. The number of aryl methyl sites for hydroxylation is 1. The molecule has 0 unspecified atom stereocenters. The van der Waals surface area contributed by atoms with Gasteiger partial charge >= 0.3 is 0 Å². The summed E-state index contributed by atoms with van der Waals surface area (Å²) >= 11 is 12.5. The average molecular weight is 461 g/mol. The summed E-state index contributed by atoms with van der Waals surface area (Å²) in [6, 6.07) is 14.4. The van der Waals surface area contributed by atoms with Crippen LogP contribution in [0.15, 0.2) is 48.5 Å². The Bertz CT molecular complexity index is 901. The molecule has 2 aromatic rings. The quantitative estimate of drug-likeness (QED) is 0.542. The third-order valence-electron chi connectivity index (χ3n) is 6.11. The van der Waals surface area contributed by atoms with Gasteiger partial charge in [-0.1, -0.05) is 79.4 Å². The first-order valence-corrected chi connectivity index (χ1v) is 11.8. The van der Waals surface area contributed by atoms with E-state index in [0.717, 1.165) is 30.4 Å². The number of carbonyl (C=O) groups excluding carboxylic acids is 2. The topological polar surface area (TPSA) is 49.4 Å². The van der Waals surface area contributed by atoms with Gasteiger partial charge in [-0.25, -0.2) is 0 Å². The molecule has 2 aromatic carbocycles. The van der Waals surface area contributed by atoms with E-state index in [9.17, 15) is 9.59 Å². The summed E-state index contributed by atoms with van der Waals surface area (Å²) in [5, 5.41) is 3.67. The van der Waals surface area contributed by atoms with Crippen molar-refractivity contribution in [3.05, 3.63) is 70.2 Å². The molecule has 0 spiro atoms. The predicted octanol–water partition coefficient (Wildman–Crippen LogP) is 5.65. The molecule has 0 saturated heterocycles. The van der Waals surface area contributed by atoms with E-state index in [1.54, 1.807) is 17.0 Å². The largest absolute Gasteiger partial charge is 0.351 e. The highest BCUT2D eigenvalue weighted by atomic mass is 35.5. The number of amides is 2. The smallest absolute Gasteiger partial charge is 0.247 e.